The molecule has 0 fully saturated rings. The SMILES string of the molecule is C[C@H](NC(=O)OCc1ccccc1)C(=O)NCCC(=O)N[C@@H](Cc1cn(C(=O)[C@H](C)NC(=O)OCc2ccccc2)c2ccccc12)C(=O)OCc1ccccc1. The van der Waals surface area contributed by atoms with Gasteiger partial charge >= 0.3 is 18.2 Å². The zero-order valence-corrected chi connectivity index (χ0v) is 31.6. The molecule has 1 heterocycles. The second-order valence-electron chi connectivity index (χ2n) is 13.2. The summed E-state index contributed by atoms with van der Waals surface area (Å²) in [6.07, 6.45) is -0.193. The molecule has 0 aliphatic rings. The van der Waals surface area contributed by atoms with Crippen LogP contribution < -0.4 is 21.3 Å². The van der Waals surface area contributed by atoms with E-state index in [1.165, 1.54) is 18.4 Å². The maximum Gasteiger partial charge on any atom is 0.408 e. The second kappa shape index (κ2) is 20.6. The van der Waals surface area contributed by atoms with Crippen LogP contribution in [0.4, 0.5) is 9.59 Å². The van der Waals surface area contributed by atoms with Crippen LogP contribution in [-0.4, -0.2) is 65.1 Å². The summed E-state index contributed by atoms with van der Waals surface area (Å²) < 4.78 is 17.5. The summed E-state index contributed by atoms with van der Waals surface area (Å²) in [5.41, 5.74) is 3.42. The van der Waals surface area contributed by atoms with Crippen molar-refractivity contribution >= 4 is 46.8 Å². The molecular formula is C43H45N5O9. The predicted octanol–water partition coefficient (Wildman–Crippen LogP) is 5.19. The Morgan fingerprint density at radius 3 is 1.65 bits per heavy atom. The molecule has 5 rings (SSSR count). The van der Waals surface area contributed by atoms with Crippen molar-refractivity contribution in [1.29, 1.82) is 0 Å². The first-order valence-corrected chi connectivity index (χ1v) is 18.4. The first-order valence-electron chi connectivity index (χ1n) is 18.4. The van der Waals surface area contributed by atoms with E-state index >= 15 is 0 Å². The Balaban J connectivity index is 1.21. The number of hydrogen-bond donors (Lipinski definition) is 4. The van der Waals surface area contributed by atoms with Crippen molar-refractivity contribution in [3.8, 4) is 0 Å². The summed E-state index contributed by atoms with van der Waals surface area (Å²) in [6.45, 7) is 2.96. The van der Waals surface area contributed by atoms with Crippen LogP contribution in [0.2, 0.25) is 0 Å². The fraction of sp³-hybridized carbons (Fsp3) is 0.256. The third-order valence-corrected chi connectivity index (χ3v) is 8.81. The van der Waals surface area contributed by atoms with Gasteiger partial charge in [-0.3, -0.25) is 19.0 Å². The molecule has 0 unspecified atom stereocenters. The highest BCUT2D eigenvalue weighted by molar-refractivity contribution is 5.98. The maximum absolute atomic E-state index is 13.7. The monoisotopic (exact) mass is 775 g/mol. The molecule has 1 aromatic heterocycles. The zero-order chi connectivity index (χ0) is 40.6. The number of benzene rings is 4. The summed E-state index contributed by atoms with van der Waals surface area (Å²) in [4.78, 5) is 77.8. The van der Waals surface area contributed by atoms with Crippen LogP contribution in [-0.2, 0) is 54.8 Å². The summed E-state index contributed by atoms with van der Waals surface area (Å²) >= 11 is 0. The molecule has 0 spiro atoms. The van der Waals surface area contributed by atoms with Crippen molar-refractivity contribution in [3.05, 3.63) is 144 Å². The fourth-order valence-electron chi connectivity index (χ4n) is 5.78. The van der Waals surface area contributed by atoms with E-state index in [9.17, 15) is 28.8 Å². The van der Waals surface area contributed by atoms with Gasteiger partial charge in [-0.15, -0.1) is 0 Å². The Bertz CT molecular complexity index is 2140. The Morgan fingerprint density at radius 1 is 0.596 bits per heavy atom. The number of nitrogens with zero attached hydrogens (tertiary/aromatic N) is 1. The van der Waals surface area contributed by atoms with Crippen LogP contribution in [0.5, 0.6) is 0 Å². The van der Waals surface area contributed by atoms with E-state index in [0.29, 0.717) is 16.5 Å². The van der Waals surface area contributed by atoms with Crippen molar-refractivity contribution in [2.75, 3.05) is 6.54 Å². The number of amides is 4. The first-order chi connectivity index (χ1) is 27.6. The van der Waals surface area contributed by atoms with E-state index in [2.05, 4.69) is 21.3 Å². The number of ether oxygens (including phenoxy) is 3. The molecule has 57 heavy (non-hydrogen) atoms. The van der Waals surface area contributed by atoms with E-state index < -0.39 is 54.0 Å². The lowest BCUT2D eigenvalue weighted by atomic mass is 10.0. The van der Waals surface area contributed by atoms with Crippen molar-refractivity contribution in [2.24, 2.45) is 0 Å². The Hall–Kier alpha value is -6.96. The molecule has 5 aromatic rings. The molecule has 0 saturated heterocycles. The molecule has 296 valence electrons. The number of aromatic nitrogens is 1. The summed E-state index contributed by atoms with van der Waals surface area (Å²) in [7, 11) is 0. The van der Waals surface area contributed by atoms with Gasteiger partial charge in [0.15, 0.2) is 0 Å². The normalized spacial score (nSPS) is 12.3. The van der Waals surface area contributed by atoms with E-state index in [-0.39, 0.29) is 39.2 Å². The van der Waals surface area contributed by atoms with Crippen molar-refractivity contribution in [3.63, 3.8) is 0 Å². The van der Waals surface area contributed by atoms with Crippen molar-refractivity contribution in [2.45, 2.75) is 64.6 Å². The standard InChI is InChI=1S/C43H45N5O9/c1-29(45-42(53)56-27-32-16-8-4-9-17-32)39(50)44-23-22-38(49)47-36(41(52)55-26-31-14-6-3-7-15-31)24-34-25-48(37-21-13-12-20-35(34)37)40(51)30(2)46-43(54)57-28-33-18-10-5-11-19-33/h3-21,25,29-30,36H,22-24,26-28H2,1-2H3,(H,44,50)(H,45,53)(H,46,54)(H,47,49)/t29-,30-,36-/m0/s1. The Kier molecular flexibility index (Phi) is 14.9. The number of carbonyl (C=O) groups is 6. The number of fused-ring (bicyclic) bond motifs is 1. The number of rotatable bonds is 17. The summed E-state index contributed by atoms with van der Waals surface area (Å²) in [5, 5.41) is 11.0. The summed E-state index contributed by atoms with van der Waals surface area (Å²) in [6, 6.07) is 31.2. The molecule has 14 heteroatoms. The molecule has 4 N–H and O–H groups in total. The lowest BCUT2D eigenvalue weighted by molar-refractivity contribution is -0.149. The van der Waals surface area contributed by atoms with Gasteiger partial charge in [0.1, 0.15) is 37.9 Å². The highest BCUT2D eigenvalue weighted by atomic mass is 16.6. The van der Waals surface area contributed by atoms with E-state index in [1.807, 2.05) is 66.7 Å². The Morgan fingerprint density at radius 2 is 1.09 bits per heavy atom. The van der Waals surface area contributed by atoms with E-state index in [4.69, 9.17) is 14.2 Å². The van der Waals surface area contributed by atoms with Gasteiger partial charge in [-0.1, -0.05) is 109 Å². The van der Waals surface area contributed by atoms with Crippen molar-refractivity contribution < 1.29 is 43.0 Å². The van der Waals surface area contributed by atoms with Crippen LogP contribution in [0.1, 0.15) is 47.3 Å². The van der Waals surface area contributed by atoms with Crippen LogP contribution in [0.3, 0.4) is 0 Å². The number of para-hydroxylation sites is 1. The third-order valence-electron chi connectivity index (χ3n) is 8.81. The van der Waals surface area contributed by atoms with Gasteiger partial charge in [0.2, 0.25) is 11.8 Å². The average Bonchev–Trinajstić information content (AvgIpc) is 3.59. The van der Waals surface area contributed by atoms with Gasteiger partial charge in [0.25, 0.3) is 5.91 Å². The fourth-order valence-corrected chi connectivity index (χ4v) is 5.78. The van der Waals surface area contributed by atoms with Crippen LogP contribution in [0, 0.1) is 0 Å². The molecule has 3 atom stereocenters. The minimum absolute atomic E-state index is 0.0341. The lowest BCUT2D eigenvalue weighted by Gasteiger charge is -2.18. The summed E-state index contributed by atoms with van der Waals surface area (Å²) in [5.74, 6) is -2.25. The topological polar surface area (TPSA) is 183 Å². The molecule has 0 bridgehead atoms. The van der Waals surface area contributed by atoms with E-state index in [1.54, 1.807) is 54.7 Å². The number of carbonyl (C=O) groups excluding carboxylic acids is 6. The smallest absolute Gasteiger partial charge is 0.408 e. The van der Waals surface area contributed by atoms with Gasteiger partial charge in [0, 0.05) is 31.0 Å². The number of hydrogen-bond acceptors (Lipinski definition) is 9. The van der Waals surface area contributed by atoms with Gasteiger partial charge in [0.05, 0.1) is 5.52 Å². The number of alkyl carbamates (subject to hydrolysis) is 2. The van der Waals surface area contributed by atoms with Crippen molar-refractivity contribution in [1.82, 2.24) is 25.8 Å². The largest absolute Gasteiger partial charge is 0.459 e. The highest BCUT2D eigenvalue weighted by Crippen LogP contribution is 2.24. The van der Waals surface area contributed by atoms with Gasteiger partial charge in [-0.25, -0.2) is 14.4 Å². The van der Waals surface area contributed by atoms with Crippen LogP contribution in [0.25, 0.3) is 10.9 Å². The molecule has 4 amide bonds. The molecule has 0 aliphatic heterocycles. The molecule has 14 nitrogen and oxygen atoms in total. The lowest BCUT2D eigenvalue weighted by Crippen LogP contribution is -2.47. The predicted molar refractivity (Wildman–Crippen MR) is 211 cm³/mol. The molecule has 0 aliphatic carbocycles. The van der Waals surface area contributed by atoms with E-state index in [0.717, 1.165) is 16.7 Å². The molecule has 4 aromatic carbocycles. The molecule has 0 saturated carbocycles. The minimum atomic E-state index is -1.17. The molecule has 0 radical (unpaired) electrons. The maximum atomic E-state index is 13.7. The minimum Gasteiger partial charge on any atom is -0.459 e. The third kappa shape index (κ3) is 12.5. The first kappa shape index (κ1) is 41.2. The highest BCUT2D eigenvalue weighted by Gasteiger charge is 2.27. The Labute approximate surface area is 329 Å². The molecular weight excluding hydrogens is 730 g/mol. The zero-order valence-electron chi connectivity index (χ0n) is 31.6. The van der Waals surface area contributed by atoms with Gasteiger partial charge < -0.3 is 35.5 Å². The quantitative estimate of drug-likeness (QED) is 0.0730. The van der Waals surface area contributed by atoms with Gasteiger partial charge in [-0.05, 0) is 42.2 Å². The number of esters is 1. The van der Waals surface area contributed by atoms with Gasteiger partial charge in [-0.2, -0.15) is 0 Å². The number of nitrogens with one attached hydrogen (secondary N) is 4. The second-order valence-corrected chi connectivity index (χ2v) is 13.2. The van der Waals surface area contributed by atoms with Crippen LogP contribution in [0.15, 0.2) is 121 Å². The van der Waals surface area contributed by atoms with Crippen LogP contribution >= 0.6 is 0 Å². The average molecular weight is 776 g/mol.